The predicted octanol–water partition coefficient (Wildman–Crippen LogP) is 2.20. The lowest BCUT2D eigenvalue weighted by Crippen LogP contribution is -2.37. The first-order chi connectivity index (χ1) is 17.8. The van der Waals surface area contributed by atoms with Crippen LogP contribution in [0.2, 0.25) is 0 Å². The van der Waals surface area contributed by atoms with Crippen molar-refractivity contribution in [3.8, 4) is 5.75 Å². The summed E-state index contributed by atoms with van der Waals surface area (Å²) in [5.41, 5.74) is 2.97. The van der Waals surface area contributed by atoms with Gasteiger partial charge in [0.2, 0.25) is 11.8 Å². The maximum absolute atomic E-state index is 12.9. The van der Waals surface area contributed by atoms with E-state index in [1.165, 1.54) is 11.9 Å². The van der Waals surface area contributed by atoms with Gasteiger partial charge in [0.25, 0.3) is 11.8 Å². The number of nitrogens with one attached hydrogen (secondary N) is 3. The second-order valence-electron chi connectivity index (χ2n) is 8.77. The monoisotopic (exact) mass is 508 g/mol. The third-order valence-electron chi connectivity index (χ3n) is 6.31. The van der Waals surface area contributed by atoms with Crippen LogP contribution < -0.4 is 20.7 Å². The highest BCUT2D eigenvalue weighted by Crippen LogP contribution is 2.31. The molecule has 1 aliphatic heterocycles. The van der Waals surface area contributed by atoms with E-state index in [1.807, 2.05) is 13.0 Å². The average Bonchev–Trinajstić information content (AvgIpc) is 3.24. The molecule has 0 aliphatic carbocycles. The first kappa shape index (κ1) is 27.4. The molecule has 0 fully saturated rings. The number of anilines is 1. The Morgan fingerprint density at radius 1 is 1.14 bits per heavy atom. The summed E-state index contributed by atoms with van der Waals surface area (Å²) in [6.07, 6.45) is 1.60. The number of rotatable bonds is 12. The number of aryl methyl sites for hydroxylation is 1. The lowest BCUT2D eigenvalue weighted by Gasteiger charge is -2.22. The fourth-order valence-electron chi connectivity index (χ4n) is 4.17. The minimum atomic E-state index is -0.738. The smallest absolute Gasteiger partial charge is 0.255 e. The number of carbonyl (C=O) groups excluding carboxylic acids is 5. The summed E-state index contributed by atoms with van der Waals surface area (Å²) < 4.78 is 5.25. The highest BCUT2D eigenvalue weighted by Gasteiger charge is 2.34. The molecule has 37 heavy (non-hydrogen) atoms. The fraction of sp³-hybridized carbons (Fsp3) is 0.370. The van der Waals surface area contributed by atoms with Crippen LogP contribution in [0.1, 0.15) is 57.5 Å². The molecule has 0 saturated heterocycles. The molecule has 0 aromatic heterocycles. The van der Waals surface area contributed by atoms with Gasteiger partial charge in [0.1, 0.15) is 12.0 Å². The topological polar surface area (TPSA) is 134 Å². The van der Waals surface area contributed by atoms with Gasteiger partial charge < -0.3 is 30.4 Å². The van der Waals surface area contributed by atoms with Gasteiger partial charge in [-0.15, -0.1) is 0 Å². The number of carbonyl (C=O) groups is 5. The Bertz CT molecular complexity index is 1200. The van der Waals surface area contributed by atoms with Crippen molar-refractivity contribution in [2.75, 3.05) is 26.0 Å². The molecule has 3 N–H and O–H groups in total. The molecule has 1 aliphatic rings. The van der Waals surface area contributed by atoms with E-state index in [2.05, 4.69) is 16.0 Å². The molecule has 196 valence electrons. The molecular formula is C27H32N4O6. The molecule has 0 spiro atoms. The Kier molecular flexibility index (Phi) is 9.37. The second-order valence-corrected chi connectivity index (χ2v) is 8.77. The molecular weight excluding hydrogens is 476 g/mol. The van der Waals surface area contributed by atoms with Crippen LogP contribution in [0, 0.1) is 6.92 Å². The average molecular weight is 509 g/mol. The van der Waals surface area contributed by atoms with Crippen molar-refractivity contribution < 1.29 is 28.7 Å². The molecule has 0 saturated carbocycles. The molecule has 3 rings (SSSR count). The normalized spacial score (nSPS) is 12.9. The molecule has 2 aromatic rings. The van der Waals surface area contributed by atoms with Gasteiger partial charge in [-0.3, -0.25) is 19.2 Å². The van der Waals surface area contributed by atoms with Gasteiger partial charge in [0.15, 0.2) is 0 Å². The minimum absolute atomic E-state index is 0.123. The molecule has 1 heterocycles. The van der Waals surface area contributed by atoms with E-state index in [9.17, 15) is 24.0 Å². The van der Waals surface area contributed by atoms with Crippen LogP contribution in [0.25, 0.3) is 0 Å². The van der Waals surface area contributed by atoms with Crippen molar-refractivity contribution in [1.82, 2.24) is 15.5 Å². The van der Waals surface area contributed by atoms with E-state index in [0.29, 0.717) is 47.4 Å². The van der Waals surface area contributed by atoms with E-state index < -0.39 is 6.04 Å². The maximum Gasteiger partial charge on any atom is 0.255 e. The van der Waals surface area contributed by atoms with E-state index in [1.54, 1.807) is 37.4 Å². The maximum atomic E-state index is 12.9. The zero-order valence-electron chi connectivity index (χ0n) is 21.3. The van der Waals surface area contributed by atoms with Crippen LogP contribution in [-0.2, 0) is 20.9 Å². The van der Waals surface area contributed by atoms with E-state index in [4.69, 9.17) is 4.74 Å². The van der Waals surface area contributed by atoms with Gasteiger partial charge in [-0.25, -0.2) is 0 Å². The Morgan fingerprint density at radius 3 is 2.62 bits per heavy atom. The van der Waals surface area contributed by atoms with E-state index >= 15 is 0 Å². The highest BCUT2D eigenvalue weighted by molar-refractivity contribution is 6.03. The predicted molar refractivity (Wildman–Crippen MR) is 137 cm³/mol. The Morgan fingerprint density at radius 2 is 1.92 bits per heavy atom. The molecule has 10 heteroatoms. The van der Waals surface area contributed by atoms with E-state index in [0.717, 1.165) is 5.56 Å². The zero-order valence-corrected chi connectivity index (χ0v) is 21.3. The van der Waals surface area contributed by atoms with E-state index in [-0.39, 0.29) is 49.4 Å². The number of hydrogen-bond acceptors (Lipinski definition) is 6. The second kappa shape index (κ2) is 12.7. The summed E-state index contributed by atoms with van der Waals surface area (Å²) in [6.45, 7) is 2.37. The van der Waals surface area contributed by atoms with Crippen LogP contribution in [0.3, 0.4) is 0 Å². The van der Waals surface area contributed by atoms with Crippen LogP contribution in [0.5, 0.6) is 5.75 Å². The third kappa shape index (κ3) is 6.72. The van der Waals surface area contributed by atoms with Crippen molar-refractivity contribution in [1.29, 1.82) is 0 Å². The molecule has 1 atom stereocenters. The zero-order chi connectivity index (χ0) is 26.9. The number of aldehydes is 1. The summed E-state index contributed by atoms with van der Waals surface area (Å²) in [7, 11) is 3.06. The number of amides is 4. The quantitative estimate of drug-likeness (QED) is 0.297. The molecule has 4 amide bonds. The van der Waals surface area contributed by atoms with Gasteiger partial charge in [0.05, 0.1) is 13.2 Å². The molecule has 0 bridgehead atoms. The largest absolute Gasteiger partial charge is 0.496 e. The van der Waals surface area contributed by atoms with Gasteiger partial charge in [0, 0.05) is 55.4 Å². The molecule has 2 aromatic carbocycles. The molecule has 1 unspecified atom stereocenters. The summed E-state index contributed by atoms with van der Waals surface area (Å²) in [5, 5.41) is 8.14. The number of hydrogen-bond donors (Lipinski definition) is 3. The van der Waals surface area contributed by atoms with Gasteiger partial charge in [-0.05, 0) is 49.6 Å². The number of benzene rings is 2. The van der Waals surface area contributed by atoms with Crippen molar-refractivity contribution in [3.63, 3.8) is 0 Å². The lowest BCUT2D eigenvalue weighted by molar-refractivity contribution is -0.121. The first-order valence-electron chi connectivity index (χ1n) is 12.1. The third-order valence-corrected chi connectivity index (χ3v) is 6.31. The van der Waals surface area contributed by atoms with Crippen LogP contribution in [-0.4, -0.2) is 61.6 Å². The van der Waals surface area contributed by atoms with Crippen molar-refractivity contribution >= 4 is 35.6 Å². The van der Waals surface area contributed by atoms with Crippen molar-refractivity contribution in [2.24, 2.45) is 0 Å². The summed E-state index contributed by atoms with van der Waals surface area (Å²) >= 11 is 0. The minimum Gasteiger partial charge on any atom is -0.496 e. The van der Waals surface area contributed by atoms with Crippen LogP contribution in [0.4, 0.5) is 5.69 Å². The number of nitrogens with zero attached hydrogens (tertiary/aromatic N) is 1. The fourth-order valence-corrected chi connectivity index (χ4v) is 4.17. The van der Waals surface area contributed by atoms with Gasteiger partial charge >= 0.3 is 0 Å². The summed E-state index contributed by atoms with van der Waals surface area (Å²) in [4.78, 5) is 62.5. The lowest BCUT2D eigenvalue weighted by atomic mass is 10.1. The van der Waals surface area contributed by atoms with Crippen LogP contribution in [0.15, 0.2) is 36.4 Å². The summed E-state index contributed by atoms with van der Waals surface area (Å²) in [5.74, 6) is -0.392. The van der Waals surface area contributed by atoms with Gasteiger partial charge in [-0.2, -0.15) is 0 Å². The molecule has 0 radical (unpaired) electrons. The van der Waals surface area contributed by atoms with Crippen molar-refractivity contribution in [2.45, 2.75) is 45.2 Å². The van der Waals surface area contributed by atoms with Crippen LogP contribution >= 0.6 is 0 Å². The van der Waals surface area contributed by atoms with Gasteiger partial charge in [-0.1, -0.05) is 12.1 Å². The Hall–Kier alpha value is -4.21. The first-order valence-corrected chi connectivity index (χ1v) is 12.1. The van der Waals surface area contributed by atoms with Crippen molar-refractivity contribution in [3.05, 3.63) is 58.7 Å². The SMILES string of the molecule is CNC(=O)CCC(C=O)N1Cc2c(NC(=O)CCCNC(=O)c3ccc(C)c(OC)c3)cccc2C1=O. The standard InChI is InChI=1S/C27H32N4O6/c1-17-9-10-18(14-23(17)37-3)26(35)29-13-5-8-25(34)30-22-7-4-6-20-21(22)15-31(27(20)36)19(16-32)11-12-24(33)28-2/h4,6-7,9-10,14,16,19H,5,8,11-13,15H2,1-3H3,(H,28,33)(H,29,35)(H,30,34). The number of methoxy groups -OCH3 is 1. The Labute approximate surface area is 215 Å². The number of ether oxygens (including phenoxy) is 1. The Balaban J connectivity index is 1.53. The molecule has 10 nitrogen and oxygen atoms in total. The highest BCUT2D eigenvalue weighted by atomic mass is 16.5. The number of fused-ring (bicyclic) bond motifs is 1. The summed E-state index contributed by atoms with van der Waals surface area (Å²) in [6, 6.07) is 9.50.